The van der Waals surface area contributed by atoms with Gasteiger partial charge < -0.3 is 4.90 Å². The number of aromatic nitrogens is 2. The molecule has 2 fully saturated rings. The highest BCUT2D eigenvalue weighted by Gasteiger charge is 2.25. The molecule has 3 heterocycles. The molecule has 7 heteroatoms. The molecule has 1 aromatic carbocycles. The van der Waals surface area contributed by atoms with E-state index in [9.17, 15) is 4.79 Å². The van der Waals surface area contributed by atoms with Crippen LogP contribution in [0, 0.1) is 0 Å². The van der Waals surface area contributed by atoms with Crippen molar-refractivity contribution in [2.24, 2.45) is 0 Å². The number of amides is 1. The van der Waals surface area contributed by atoms with Gasteiger partial charge >= 0.3 is 0 Å². The number of nitrogens with zero attached hydrogens (tertiary/aromatic N) is 4. The molecule has 1 amide bonds. The Morgan fingerprint density at radius 2 is 1.88 bits per heavy atom. The van der Waals surface area contributed by atoms with Crippen LogP contribution in [0.3, 0.4) is 0 Å². The molecule has 2 saturated heterocycles. The number of hydrogen-bond acceptors (Lipinski definition) is 5. The average Bonchev–Trinajstić information content (AvgIpc) is 2.88. The molecule has 2 aliphatic rings. The van der Waals surface area contributed by atoms with Crippen LogP contribution >= 0.6 is 23.5 Å². The standard InChI is InChI=1S/C19H26N4OS2/c24-19(13-23-18-5-2-1-4-16(18)12-20-23)22-7-3-6-21(8-9-22)17-14-25-10-11-26-15-17/h1-2,4-5,12,17H,3,6-11,13-15H2. The summed E-state index contributed by atoms with van der Waals surface area (Å²) in [6, 6.07) is 8.73. The fraction of sp³-hybridized carbons (Fsp3) is 0.579. The maximum atomic E-state index is 12.8. The molecule has 0 spiro atoms. The third kappa shape index (κ3) is 4.21. The van der Waals surface area contributed by atoms with Gasteiger partial charge in [-0.1, -0.05) is 18.2 Å². The number of carbonyl (C=O) groups excluding carboxylic acids is 1. The highest BCUT2D eigenvalue weighted by Crippen LogP contribution is 2.21. The molecule has 0 aliphatic carbocycles. The molecule has 140 valence electrons. The minimum Gasteiger partial charge on any atom is -0.340 e. The second kappa shape index (κ2) is 8.67. The number of rotatable bonds is 3. The van der Waals surface area contributed by atoms with Gasteiger partial charge in [0.05, 0.1) is 11.7 Å². The summed E-state index contributed by atoms with van der Waals surface area (Å²) in [7, 11) is 0. The molecule has 5 nitrogen and oxygen atoms in total. The van der Waals surface area contributed by atoms with Crippen molar-refractivity contribution in [3.63, 3.8) is 0 Å². The first-order chi connectivity index (χ1) is 12.8. The van der Waals surface area contributed by atoms with Crippen molar-refractivity contribution in [1.29, 1.82) is 0 Å². The van der Waals surface area contributed by atoms with Gasteiger partial charge in [-0.3, -0.25) is 14.4 Å². The third-order valence-electron chi connectivity index (χ3n) is 5.23. The number of carbonyl (C=O) groups is 1. The van der Waals surface area contributed by atoms with Crippen LogP contribution in [-0.4, -0.2) is 80.7 Å². The summed E-state index contributed by atoms with van der Waals surface area (Å²) in [5.74, 6) is 5.21. The van der Waals surface area contributed by atoms with Crippen molar-refractivity contribution >= 4 is 40.3 Å². The third-order valence-corrected chi connectivity index (χ3v) is 7.71. The molecule has 0 radical (unpaired) electrons. The summed E-state index contributed by atoms with van der Waals surface area (Å²) in [6.07, 6.45) is 2.91. The van der Waals surface area contributed by atoms with Crippen molar-refractivity contribution in [2.45, 2.75) is 19.0 Å². The minimum absolute atomic E-state index is 0.185. The lowest BCUT2D eigenvalue weighted by molar-refractivity contribution is -0.131. The van der Waals surface area contributed by atoms with E-state index < -0.39 is 0 Å². The fourth-order valence-corrected chi connectivity index (χ4v) is 6.37. The maximum absolute atomic E-state index is 12.8. The van der Waals surface area contributed by atoms with Gasteiger partial charge in [0, 0.05) is 60.6 Å². The summed E-state index contributed by atoms with van der Waals surface area (Å²) in [6.45, 7) is 4.14. The average molecular weight is 391 g/mol. The van der Waals surface area contributed by atoms with Crippen LogP contribution in [0.4, 0.5) is 0 Å². The van der Waals surface area contributed by atoms with Crippen LogP contribution in [0.15, 0.2) is 30.5 Å². The van der Waals surface area contributed by atoms with E-state index in [0.717, 1.165) is 43.5 Å². The predicted octanol–water partition coefficient (Wildman–Crippen LogP) is 2.42. The molecule has 2 aliphatic heterocycles. The molecule has 26 heavy (non-hydrogen) atoms. The number of para-hydroxylation sites is 1. The smallest absolute Gasteiger partial charge is 0.244 e. The van der Waals surface area contributed by atoms with E-state index in [0.29, 0.717) is 12.6 Å². The Morgan fingerprint density at radius 3 is 2.73 bits per heavy atom. The summed E-state index contributed by atoms with van der Waals surface area (Å²) >= 11 is 4.16. The van der Waals surface area contributed by atoms with E-state index in [2.05, 4.69) is 33.5 Å². The minimum atomic E-state index is 0.185. The summed E-state index contributed by atoms with van der Waals surface area (Å²) in [5, 5.41) is 5.49. The second-order valence-electron chi connectivity index (χ2n) is 6.93. The van der Waals surface area contributed by atoms with Crippen molar-refractivity contribution in [3.05, 3.63) is 30.5 Å². The number of benzene rings is 1. The molecule has 0 atom stereocenters. The molecule has 0 unspecified atom stereocenters. The van der Waals surface area contributed by atoms with Gasteiger partial charge in [-0.25, -0.2) is 0 Å². The summed E-state index contributed by atoms with van der Waals surface area (Å²) in [4.78, 5) is 17.5. The lowest BCUT2D eigenvalue weighted by Crippen LogP contribution is -2.42. The first kappa shape index (κ1) is 18.2. The summed E-state index contributed by atoms with van der Waals surface area (Å²) in [5.41, 5.74) is 1.03. The number of thioether (sulfide) groups is 2. The first-order valence-corrected chi connectivity index (χ1v) is 11.7. The molecule has 0 N–H and O–H groups in total. The highest BCUT2D eigenvalue weighted by atomic mass is 32.2. The molecule has 4 rings (SSSR count). The van der Waals surface area contributed by atoms with Crippen LogP contribution in [0.1, 0.15) is 6.42 Å². The monoisotopic (exact) mass is 390 g/mol. The van der Waals surface area contributed by atoms with Crippen molar-refractivity contribution in [1.82, 2.24) is 19.6 Å². The van der Waals surface area contributed by atoms with Crippen LogP contribution in [0.5, 0.6) is 0 Å². The van der Waals surface area contributed by atoms with E-state index in [-0.39, 0.29) is 5.91 Å². The van der Waals surface area contributed by atoms with Gasteiger partial charge in [0.2, 0.25) is 5.91 Å². The van der Waals surface area contributed by atoms with Crippen molar-refractivity contribution in [2.75, 3.05) is 49.2 Å². The molecular weight excluding hydrogens is 364 g/mol. The molecule has 2 aromatic rings. The lowest BCUT2D eigenvalue weighted by Gasteiger charge is -2.29. The Bertz CT molecular complexity index is 742. The van der Waals surface area contributed by atoms with E-state index >= 15 is 0 Å². The van der Waals surface area contributed by atoms with Crippen molar-refractivity contribution in [3.8, 4) is 0 Å². The van der Waals surface area contributed by atoms with Crippen molar-refractivity contribution < 1.29 is 4.79 Å². The SMILES string of the molecule is O=C(Cn1ncc2ccccc21)N1CCCN(C2CSCCSC2)CC1. The largest absolute Gasteiger partial charge is 0.340 e. The highest BCUT2D eigenvalue weighted by molar-refractivity contribution is 8.03. The van der Waals surface area contributed by atoms with Crippen LogP contribution < -0.4 is 0 Å². The van der Waals surface area contributed by atoms with Crippen LogP contribution in [0.25, 0.3) is 10.9 Å². The lowest BCUT2D eigenvalue weighted by atomic mass is 10.2. The van der Waals surface area contributed by atoms with Gasteiger partial charge in [0.25, 0.3) is 0 Å². The first-order valence-electron chi connectivity index (χ1n) is 9.39. The van der Waals surface area contributed by atoms with Gasteiger partial charge in [0.1, 0.15) is 6.54 Å². The maximum Gasteiger partial charge on any atom is 0.244 e. The van der Waals surface area contributed by atoms with E-state index in [1.54, 1.807) is 0 Å². The topological polar surface area (TPSA) is 41.4 Å². The van der Waals surface area contributed by atoms with Gasteiger partial charge in [-0.05, 0) is 12.5 Å². The quantitative estimate of drug-likeness (QED) is 0.805. The Morgan fingerprint density at radius 1 is 1.08 bits per heavy atom. The van der Waals surface area contributed by atoms with Gasteiger partial charge in [-0.2, -0.15) is 28.6 Å². The van der Waals surface area contributed by atoms with E-state index in [1.807, 2.05) is 40.0 Å². The zero-order valence-electron chi connectivity index (χ0n) is 15.0. The molecule has 0 saturated carbocycles. The number of hydrogen-bond donors (Lipinski definition) is 0. The molecule has 0 bridgehead atoms. The Kier molecular flexibility index (Phi) is 6.07. The van der Waals surface area contributed by atoms with Crippen LogP contribution in [0.2, 0.25) is 0 Å². The molecular formula is C19H26N4OS2. The van der Waals surface area contributed by atoms with Crippen LogP contribution in [-0.2, 0) is 11.3 Å². The number of fused-ring (bicyclic) bond motifs is 1. The van der Waals surface area contributed by atoms with E-state index in [1.165, 1.54) is 23.0 Å². The van der Waals surface area contributed by atoms with Gasteiger partial charge in [-0.15, -0.1) is 0 Å². The predicted molar refractivity (Wildman–Crippen MR) is 111 cm³/mol. The Labute approximate surface area is 163 Å². The zero-order chi connectivity index (χ0) is 17.8. The summed E-state index contributed by atoms with van der Waals surface area (Å²) < 4.78 is 1.83. The second-order valence-corrected chi connectivity index (χ2v) is 9.23. The fourth-order valence-electron chi connectivity index (χ4n) is 3.75. The van der Waals surface area contributed by atoms with E-state index in [4.69, 9.17) is 0 Å². The Hall–Kier alpha value is -1.18. The zero-order valence-corrected chi connectivity index (χ0v) is 16.7. The van der Waals surface area contributed by atoms with Gasteiger partial charge in [0.15, 0.2) is 0 Å². The normalized spacial score (nSPS) is 20.8. The Balaban J connectivity index is 1.36. The molecule has 1 aromatic heterocycles.